The van der Waals surface area contributed by atoms with Crippen LogP contribution in [0, 0.1) is 23.7 Å². The molecule has 2 rings (SSSR count). The van der Waals surface area contributed by atoms with Gasteiger partial charge in [0.05, 0.1) is 0 Å². The largest absolute Gasteiger partial charge is 0.459 e. The molecule has 2 aliphatic rings. The lowest BCUT2D eigenvalue weighted by atomic mass is 9.67. The van der Waals surface area contributed by atoms with Crippen molar-refractivity contribution in [3.63, 3.8) is 0 Å². The second-order valence-electron chi connectivity index (χ2n) is 8.23. The van der Waals surface area contributed by atoms with Crippen LogP contribution in [0.2, 0.25) is 0 Å². The van der Waals surface area contributed by atoms with Crippen LogP contribution in [0.1, 0.15) is 77.6 Å². The molecule has 0 aromatic heterocycles. The summed E-state index contributed by atoms with van der Waals surface area (Å²) < 4.78 is 91.2. The van der Waals surface area contributed by atoms with E-state index in [0.29, 0.717) is 18.8 Å². The van der Waals surface area contributed by atoms with Gasteiger partial charge in [-0.1, -0.05) is 39.0 Å². The molecule has 0 unspecified atom stereocenters. The van der Waals surface area contributed by atoms with Crippen LogP contribution in [0.4, 0.5) is 30.7 Å². The molecule has 0 saturated heterocycles. The average molecular weight is 390 g/mol. The molecule has 0 nitrogen and oxygen atoms in total. The van der Waals surface area contributed by atoms with Crippen molar-refractivity contribution in [3.05, 3.63) is 0 Å². The van der Waals surface area contributed by atoms with Crippen molar-refractivity contribution in [1.29, 1.82) is 0 Å². The van der Waals surface area contributed by atoms with Gasteiger partial charge in [-0.15, -0.1) is 0 Å². The van der Waals surface area contributed by atoms with Gasteiger partial charge < -0.3 is 0 Å². The maximum absolute atomic E-state index is 13.9. The summed E-state index contributed by atoms with van der Waals surface area (Å²) in [5.74, 6) is -11.6. The van der Waals surface area contributed by atoms with E-state index in [1.165, 1.54) is 19.3 Å². The zero-order chi connectivity index (χ0) is 19.6. The highest BCUT2D eigenvalue weighted by atomic mass is 19.4. The molecule has 0 aliphatic heterocycles. The number of hydrogen-bond donors (Lipinski definition) is 0. The Labute approximate surface area is 150 Å². The normalized spacial score (nSPS) is 31.8. The number of halogens is 7. The molecule has 0 N–H and O–H groups in total. The molecular weight excluding hydrogens is 361 g/mol. The highest BCUT2D eigenvalue weighted by molar-refractivity contribution is 4.97. The van der Waals surface area contributed by atoms with Gasteiger partial charge >= 0.3 is 18.0 Å². The monoisotopic (exact) mass is 390 g/mol. The highest BCUT2D eigenvalue weighted by Crippen LogP contribution is 2.54. The minimum absolute atomic E-state index is 0.189. The molecule has 26 heavy (non-hydrogen) atoms. The first-order valence-corrected chi connectivity index (χ1v) is 9.83. The zero-order valence-electron chi connectivity index (χ0n) is 15.2. The maximum Gasteiger partial charge on any atom is 0.459 e. The number of alkyl halides is 7. The molecule has 0 atom stereocenters. The molecule has 0 radical (unpaired) electrons. The van der Waals surface area contributed by atoms with Gasteiger partial charge in [0.15, 0.2) is 0 Å². The third-order valence-electron chi connectivity index (χ3n) is 6.58. The van der Waals surface area contributed by atoms with Crippen molar-refractivity contribution >= 4 is 0 Å². The first kappa shape index (κ1) is 21.8. The molecule has 0 aromatic carbocycles. The second-order valence-corrected chi connectivity index (χ2v) is 8.23. The minimum Gasteiger partial charge on any atom is -0.199 e. The van der Waals surface area contributed by atoms with Crippen LogP contribution < -0.4 is 0 Å². The van der Waals surface area contributed by atoms with Gasteiger partial charge in [0.1, 0.15) is 0 Å². The van der Waals surface area contributed by atoms with Crippen LogP contribution in [0.25, 0.3) is 0 Å². The Balaban J connectivity index is 1.86. The average Bonchev–Trinajstić information content (AvgIpc) is 2.59. The van der Waals surface area contributed by atoms with Gasteiger partial charge in [-0.2, -0.15) is 30.7 Å². The molecule has 2 aliphatic carbocycles. The summed E-state index contributed by atoms with van der Waals surface area (Å²) in [5.41, 5.74) is 0. The van der Waals surface area contributed by atoms with E-state index in [-0.39, 0.29) is 18.8 Å². The topological polar surface area (TPSA) is 0 Å². The van der Waals surface area contributed by atoms with Gasteiger partial charge in [0.2, 0.25) is 0 Å². The summed E-state index contributed by atoms with van der Waals surface area (Å²) in [6, 6.07) is 0. The van der Waals surface area contributed by atoms with Crippen molar-refractivity contribution < 1.29 is 30.7 Å². The van der Waals surface area contributed by atoms with Crippen molar-refractivity contribution in [1.82, 2.24) is 0 Å². The molecule has 2 saturated carbocycles. The maximum atomic E-state index is 13.9. The van der Waals surface area contributed by atoms with Gasteiger partial charge in [0, 0.05) is 5.92 Å². The Morgan fingerprint density at radius 1 is 0.692 bits per heavy atom. The molecule has 7 heteroatoms. The van der Waals surface area contributed by atoms with Crippen LogP contribution in [0.3, 0.4) is 0 Å². The van der Waals surface area contributed by atoms with Crippen molar-refractivity contribution in [2.24, 2.45) is 23.7 Å². The van der Waals surface area contributed by atoms with E-state index in [2.05, 4.69) is 6.92 Å². The first-order chi connectivity index (χ1) is 12.0. The fourth-order valence-electron chi connectivity index (χ4n) is 4.84. The Hall–Kier alpha value is -0.490. The van der Waals surface area contributed by atoms with Crippen LogP contribution in [-0.4, -0.2) is 18.0 Å². The molecule has 0 amide bonds. The van der Waals surface area contributed by atoms with Gasteiger partial charge in [-0.05, 0) is 56.3 Å². The second kappa shape index (κ2) is 8.26. The van der Waals surface area contributed by atoms with E-state index in [0.717, 1.165) is 31.6 Å². The van der Waals surface area contributed by atoms with Crippen LogP contribution >= 0.6 is 0 Å². The van der Waals surface area contributed by atoms with E-state index in [4.69, 9.17) is 0 Å². The summed E-state index contributed by atoms with van der Waals surface area (Å²) in [5, 5.41) is 0. The predicted molar refractivity (Wildman–Crippen MR) is 86.4 cm³/mol. The summed E-state index contributed by atoms with van der Waals surface area (Å²) in [6.07, 6.45) is 1.83. The van der Waals surface area contributed by atoms with Gasteiger partial charge in [-0.3, -0.25) is 0 Å². The summed E-state index contributed by atoms with van der Waals surface area (Å²) >= 11 is 0. The van der Waals surface area contributed by atoms with Crippen molar-refractivity contribution in [2.75, 3.05) is 0 Å². The Kier molecular flexibility index (Phi) is 6.92. The van der Waals surface area contributed by atoms with Gasteiger partial charge in [0.25, 0.3) is 0 Å². The molecule has 0 spiro atoms. The van der Waals surface area contributed by atoms with E-state index in [9.17, 15) is 30.7 Å². The van der Waals surface area contributed by atoms with Crippen LogP contribution in [0.5, 0.6) is 0 Å². The Bertz CT molecular complexity index is 428. The van der Waals surface area contributed by atoms with Gasteiger partial charge in [-0.25, -0.2) is 0 Å². The van der Waals surface area contributed by atoms with Crippen LogP contribution in [-0.2, 0) is 0 Å². The standard InChI is InChI=1S/C19H29F7/c1-2-3-4-13-5-7-14(8-6-13)15-9-11-16(12-10-15)17(20,21)18(22,23)19(24,25)26/h13-16H,2-12H2,1H3. The minimum atomic E-state index is -6.22. The lowest BCUT2D eigenvalue weighted by Gasteiger charge is -2.41. The van der Waals surface area contributed by atoms with Crippen molar-refractivity contribution in [2.45, 2.75) is 95.6 Å². The summed E-state index contributed by atoms with van der Waals surface area (Å²) in [6.45, 7) is 2.15. The van der Waals surface area contributed by atoms with Crippen LogP contribution in [0.15, 0.2) is 0 Å². The summed E-state index contributed by atoms with van der Waals surface area (Å²) in [7, 11) is 0. The lowest BCUT2D eigenvalue weighted by molar-refractivity contribution is -0.367. The fourth-order valence-corrected chi connectivity index (χ4v) is 4.84. The fraction of sp³-hybridized carbons (Fsp3) is 1.00. The zero-order valence-corrected chi connectivity index (χ0v) is 15.2. The molecule has 2 fully saturated rings. The quantitative estimate of drug-likeness (QED) is 0.409. The molecule has 0 heterocycles. The first-order valence-electron chi connectivity index (χ1n) is 9.83. The SMILES string of the molecule is CCCCC1CCC(C2CCC(C(F)(F)C(F)(F)C(F)(F)F)CC2)CC1. The summed E-state index contributed by atoms with van der Waals surface area (Å²) in [4.78, 5) is 0. The Morgan fingerprint density at radius 2 is 1.15 bits per heavy atom. The highest BCUT2D eigenvalue weighted by Gasteiger charge is 2.74. The number of unbranched alkanes of at least 4 members (excludes halogenated alkanes) is 1. The molecule has 154 valence electrons. The Morgan fingerprint density at radius 3 is 1.58 bits per heavy atom. The third kappa shape index (κ3) is 4.49. The third-order valence-corrected chi connectivity index (χ3v) is 6.58. The van der Waals surface area contributed by atoms with E-state index in [1.54, 1.807) is 0 Å². The smallest absolute Gasteiger partial charge is 0.199 e. The van der Waals surface area contributed by atoms with Crippen molar-refractivity contribution in [3.8, 4) is 0 Å². The lowest BCUT2D eigenvalue weighted by Crippen LogP contribution is -2.56. The van der Waals surface area contributed by atoms with E-state index >= 15 is 0 Å². The predicted octanol–water partition coefficient (Wildman–Crippen LogP) is 7.62. The molecular formula is C19H29F7. The molecule has 0 aromatic rings. The number of hydrogen-bond acceptors (Lipinski definition) is 0. The molecule has 0 bridgehead atoms. The number of rotatable bonds is 6. The van der Waals surface area contributed by atoms with E-state index in [1.807, 2.05) is 0 Å². The van der Waals surface area contributed by atoms with E-state index < -0.39 is 23.9 Å².